The standard InChI is InChI=1S/C17H22O4/c1-7-11(4)17(19)21-14-8-9-15(20-13(6)18)16(10(2)3)12(14)5/h7-9,14-16H,2,5H2,1,3-4,6H3/t14-,15-,16+/m0/s1. The Kier molecular flexibility index (Phi) is 5.70. The van der Waals surface area contributed by atoms with Crippen molar-refractivity contribution in [3.63, 3.8) is 0 Å². The third-order valence-corrected chi connectivity index (χ3v) is 3.39. The quantitative estimate of drug-likeness (QED) is 0.453. The van der Waals surface area contributed by atoms with E-state index >= 15 is 0 Å². The summed E-state index contributed by atoms with van der Waals surface area (Å²) in [5.41, 5.74) is 2.00. The van der Waals surface area contributed by atoms with Crippen LogP contribution in [0.25, 0.3) is 0 Å². The Bertz CT molecular complexity index is 525. The lowest BCUT2D eigenvalue weighted by Gasteiger charge is -2.33. The zero-order valence-electron chi connectivity index (χ0n) is 13.0. The second-order valence-electron chi connectivity index (χ2n) is 5.16. The largest absolute Gasteiger partial charge is 0.457 e. The molecule has 4 heteroatoms. The van der Waals surface area contributed by atoms with Crippen LogP contribution in [-0.4, -0.2) is 24.1 Å². The summed E-state index contributed by atoms with van der Waals surface area (Å²) < 4.78 is 10.7. The van der Waals surface area contributed by atoms with Crippen LogP contribution in [0.4, 0.5) is 0 Å². The fraction of sp³-hybridized carbons (Fsp3) is 0.412. The zero-order valence-corrected chi connectivity index (χ0v) is 13.0. The highest BCUT2D eigenvalue weighted by molar-refractivity contribution is 5.88. The normalized spacial score (nSPS) is 25.4. The van der Waals surface area contributed by atoms with Crippen LogP contribution >= 0.6 is 0 Å². The van der Waals surface area contributed by atoms with Gasteiger partial charge in [0, 0.05) is 18.4 Å². The summed E-state index contributed by atoms with van der Waals surface area (Å²) >= 11 is 0. The van der Waals surface area contributed by atoms with Crippen molar-refractivity contribution in [2.24, 2.45) is 5.92 Å². The number of hydrogen-bond donors (Lipinski definition) is 0. The average Bonchev–Trinajstić information content (AvgIpc) is 2.39. The highest BCUT2D eigenvalue weighted by Gasteiger charge is 2.34. The summed E-state index contributed by atoms with van der Waals surface area (Å²) in [7, 11) is 0. The first-order chi connectivity index (χ1) is 9.77. The van der Waals surface area contributed by atoms with E-state index in [1.54, 1.807) is 32.1 Å². The first-order valence-electron chi connectivity index (χ1n) is 6.81. The molecule has 1 aliphatic rings. The first kappa shape index (κ1) is 17.0. The van der Waals surface area contributed by atoms with E-state index in [0.717, 1.165) is 5.57 Å². The van der Waals surface area contributed by atoms with E-state index in [0.29, 0.717) is 11.1 Å². The van der Waals surface area contributed by atoms with Crippen molar-refractivity contribution in [3.05, 3.63) is 48.1 Å². The molecule has 114 valence electrons. The minimum absolute atomic E-state index is 0.261. The molecule has 4 nitrogen and oxygen atoms in total. The highest BCUT2D eigenvalue weighted by atomic mass is 16.6. The number of ether oxygens (including phenoxy) is 2. The van der Waals surface area contributed by atoms with Crippen molar-refractivity contribution in [2.45, 2.75) is 39.9 Å². The smallest absolute Gasteiger partial charge is 0.334 e. The molecule has 1 aliphatic carbocycles. The van der Waals surface area contributed by atoms with Crippen LogP contribution in [0.3, 0.4) is 0 Å². The molecule has 0 radical (unpaired) electrons. The van der Waals surface area contributed by atoms with Crippen LogP contribution in [0.1, 0.15) is 27.7 Å². The molecule has 0 saturated heterocycles. The van der Waals surface area contributed by atoms with Crippen molar-refractivity contribution in [3.8, 4) is 0 Å². The molecule has 0 aromatic carbocycles. The number of rotatable bonds is 4. The summed E-state index contributed by atoms with van der Waals surface area (Å²) in [6.45, 7) is 14.6. The van der Waals surface area contributed by atoms with Crippen molar-refractivity contribution < 1.29 is 19.1 Å². The van der Waals surface area contributed by atoms with Crippen LogP contribution in [0.5, 0.6) is 0 Å². The number of hydrogen-bond acceptors (Lipinski definition) is 4. The third kappa shape index (κ3) is 4.18. The van der Waals surface area contributed by atoms with Gasteiger partial charge in [-0.25, -0.2) is 4.79 Å². The van der Waals surface area contributed by atoms with Crippen LogP contribution in [0.2, 0.25) is 0 Å². The fourth-order valence-corrected chi connectivity index (χ4v) is 2.17. The number of carbonyl (C=O) groups is 2. The second kappa shape index (κ2) is 7.07. The van der Waals surface area contributed by atoms with Gasteiger partial charge < -0.3 is 9.47 Å². The van der Waals surface area contributed by atoms with E-state index in [4.69, 9.17) is 9.47 Å². The molecule has 0 saturated carbocycles. The maximum Gasteiger partial charge on any atom is 0.334 e. The molecule has 0 heterocycles. The fourth-order valence-electron chi connectivity index (χ4n) is 2.17. The SMILES string of the molecule is C=C(C)[C@@H]1C(=C)[C@@H](OC(=O)C(C)=CC)C=C[C@@H]1OC(C)=O. The second-order valence-corrected chi connectivity index (χ2v) is 5.16. The number of allylic oxidation sites excluding steroid dienone is 1. The van der Waals surface area contributed by atoms with E-state index in [9.17, 15) is 9.59 Å². The lowest BCUT2D eigenvalue weighted by Crippen LogP contribution is -2.35. The van der Waals surface area contributed by atoms with Gasteiger partial charge in [-0.2, -0.15) is 0 Å². The Morgan fingerprint density at radius 2 is 1.81 bits per heavy atom. The van der Waals surface area contributed by atoms with Gasteiger partial charge in [0.1, 0.15) is 12.2 Å². The molecule has 21 heavy (non-hydrogen) atoms. The van der Waals surface area contributed by atoms with Crippen LogP contribution in [0, 0.1) is 5.92 Å². The summed E-state index contributed by atoms with van der Waals surface area (Å²) in [6.07, 6.45) is 4.11. The minimum Gasteiger partial charge on any atom is -0.457 e. The van der Waals surface area contributed by atoms with Gasteiger partial charge in [-0.3, -0.25) is 4.79 Å². The highest BCUT2D eigenvalue weighted by Crippen LogP contribution is 2.33. The molecule has 0 aromatic heterocycles. The van der Waals surface area contributed by atoms with Gasteiger partial charge in [-0.1, -0.05) is 24.8 Å². The van der Waals surface area contributed by atoms with Crippen molar-refractivity contribution >= 4 is 11.9 Å². The van der Waals surface area contributed by atoms with Gasteiger partial charge in [-0.05, 0) is 38.5 Å². The van der Waals surface area contributed by atoms with Crippen molar-refractivity contribution in [2.75, 3.05) is 0 Å². The topological polar surface area (TPSA) is 52.6 Å². The number of esters is 2. The van der Waals surface area contributed by atoms with E-state index in [2.05, 4.69) is 13.2 Å². The average molecular weight is 290 g/mol. The summed E-state index contributed by atoms with van der Waals surface area (Å²) in [5, 5.41) is 0. The van der Waals surface area contributed by atoms with Crippen LogP contribution < -0.4 is 0 Å². The zero-order chi connectivity index (χ0) is 16.2. The van der Waals surface area contributed by atoms with E-state index in [1.807, 2.05) is 6.92 Å². The van der Waals surface area contributed by atoms with E-state index < -0.39 is 12.2 Å². The molecular weight excluding hydrogens is 268 g/mol. The van der Waals surface area contributed by atoms with Gasteiger partial charge in [-0.15, -0.1) is 0 Å². The summed E-state index contributed by atoms with van der Waals surface area (Å²) in [4.78, 5) is 23.0. The molecule has 0 amide bonds. The molecule has 0 bridgehead atoms. The molecule has 0 N–H and O–H groups in total. The lowest BCUT2D eigenvalue weighted by molar-refractivity contribution is -0.147. The third-order valence-electron chi connectivity index (χ3n) is 3.39. The Hall–Kier alpha value is -2.10. The van der Waals surface area contributed by atoms with Crippen LogP contribution in [0.15, 0.2) is 48.1 Å². The number of carbonyl (C=O) groups excluding carboxylic acids is 2. The van der Waals surface area contributed by atoms with Crippen molar-refractivity contribution in [1.82, 2.24) is 0 Å². The van der Waals surface area contributed by atoms with Gasteiger partial charge in [0.2, 0.25) is 0 Å². The molecular formula is C17H22O4. The van der Waals surface area contributed by atoms with Crippen LogP contribution in [-0.2, 0) is 19.1 Å². The maximum absolute atomic E-state index is 11.9. The minimum atomic E-state index is -0.541. The summed E-state index contributed by atoms with van der Waals surface area (Å²) in [5.74, 6) is -1.02. The lowest BCUT2D eigenvalue weighted by atomic mass is 9.81. The predicted octanol–water partition coefficient (Wildman–Crippen LogP) is 3.11. The molecule has 1 rings (SSSR count). The molecule has 0 fully saturated rings. The Labute approximate surface area is 125 Å². The molecule has 3 atom stereocenters. The molecule has 0 spiro atoms. The molecule has 0 unspecified atom stereocenters. The molecule has 0 aliphatic heterocycles. The first-order valence-corrected chi connectivity index (χ1v) is 6.81. The maximum atomic E-state index is 11.9. The van der Waals surface area contributed by atoms with Crippen molar-refractivity contribution in [1.29, 1.82) is 0 Å². The molecule has 0 aromatic rings. The van der Waals surface area contributed by atoms with Gasteiger partial charge in [0.25, 0.3) is 0 Å². The summed E-state index contributed by atoms with van der Waals surface area (Å²) in [6, 6.07) is 0. The monoisotopic (exact) mass is 290 g/mol. The Morgan fingerprint density at radius 1 is 1.19 bits per heavy atom. The van der Waals surface area contributed by atoms with Gasteiger partial charge >= 0.3 is 11.9 Å². The van der Waals surface area contributed by atoms with Gasteiger partial charge in [0.05, 0.1) is 0 Å². The predicted molar refractivity (Wildman–Crippen MR) is 81.4 cm³/mol. The Morgan fingerprint density at radius 3 is 2.29 bits per heavy atom. The Balaban J connectivity index is 2.96. The van der Waals surface area contributed by atoms with E-state index in [1.165, 1.54) is 6.92 Å². The van der Waals surface area contributed by atoms with E-state index in [-0.39, 0.29) is 17.9 Å². The van der Waals surface area contributed by atoms with Gasteiger partial charge in [0.15, 0.2) is 0 Å².